The number of carbonyl (C=O) groups is 4. The predicted octanol–water partition coefficient (Wildman–Crippen LogP) is 5.74. The fourth-order valence-electron chi connectivity index (χ4n) is 8.80. The number of ether oxygens (including phenoxy) is 1. The van der Waals surface area contributed by atoms with Gasteiger partial charge in [-0.05, 0) is 85.7 Å². The lowest BCUT2D eigenvalue weighted by Gasteiger charge is -2.49. The van der Waals surface area contributed by atoms with Crippen molar-refractivity contribution in [3.05, 3.63) is 107 Å². The average molecular weight is 615 g/mol. The summed E-state index contributed by atoms with van der Waals surface area (Å²) in [6.45, 7) is 3.93. The number of amides is 4. The number of phenolic OH excluding ortho intramolecular Hbond substituents is 1. The van der Waals surface area contributed by atoms with E-state index in [1.165, 1.54) is 9.80 Å². The molecular weight excluding hydrogens is 580 g/mol. The first kappa shape index (κ1) is 28.5. The molecule has 3 aliphatic heterocycles. The van der Waals surface area contributed by atoms with Gasteiger partial charge in [-0.15, -0.1) is 0 Å². The van der Waals surface area contributed by atoms with Crippen molar-refractivity contribution in [2.45, 2.75) is 39.5 Å². The van der Waals surface area contributed by atoms with Crippen LogP contribution >= 0.6 is 0 Å². The molecule has 46 heavy (non-hydrogen) atoms. The van der Waals surface area contributed by atoms with Gasteiger partial charge in [-0.3, -0.25) is 24.1 Å². The standard InChI is InChI=1S/C38H34N2O6/c1-3-21-9-11-25(12-10-21)39-34(42)28-15-14-27-29(32(28)36(39)44)19-30-35(43)40(24-7-5-4-6-8-24)37(45)38(30,2)33(27)23-17-22-18-26(41)13-16-31(22)46-20-23/h4-14,16,18,20,28-30,32-33,41H,3,15,17,19H2,1-2H3. The Morgan fingerprint density at radius 2 is 1.61 bits per heavy atom. The highest BCUT2D eigenvalue weighted by Gasteiger charge is 2.68. The van der Waals surface area contributed by atoms with Crippen molar-refractivity contribution in [2.75, 3.05) is 9.80 Å². The maximum absolute atomic E-state index is 14.6. The maximum Gasteiger partial charge on any atom is 0.241 e. The summed E-state index contributed by atoms with van der Waals surface area (Å²) in [5.41, 5.74) is 3.54. The summed E-state index contributed by atoms with van der Waals surface area (Å²) in [6, 6.07) is 21.4. The molecule has 232 valence electrons. The smallest absolute Gasteiger partial charge is 0.241 e. The molecule has 8 rings (SSSR count). The molecule has 6 atom stereocenters. The van der Waals surface area contributed by atoms with Gasteiger partial charge >= 0.3 is 0 Å². The lowest BCUT2D eigenvalue weighted by molar-refractivity contribution is -0.132. The van der Waals surface area contributed by atoms with Crippen molar-refractivity contribution in [1.29, 1.82) is 0 Å². The molecule has 3 heterocycles. The molecule has 8 heteroatoms. The van der Waals surface area contributed by atoms with Crippen LogP contribution in [-0.4, -0.2) is 28.7 Å². The van der Waals surface area contributed by atoms with Crippen LogP contribution in [0, 0.1) is 35.0 Å². The Balaban J connectivity index is 1.24. The molecule has 0 spiro atoms. The second-order valence-electron chi connectivity index (χ2n) is 13.3. The van der Waals surface area contributed by atoms with E-state index in [1.807, 2.05) is 37.3 Å². The van der Waals surface area contributed by atoms with E-state index >= 15 is 0 Å². The minimum atomic E-state index is -1.15. The summed E-state index contributed by atoms with van der Waals surface area (Å²) in [5, 5.41) is 10.2. The molecule has 1 saturated carbocycles. The zero-order valence-electron chi connectivity index (χ0n) is 25.7. The van der Waals surface area contributed by atoms with Crippen LogP contribution in [0.25, 0.3) is 0 Å². The summed E-state index contributed by atoms with van der Waals surface area (Å²) >= 11 is 0. The first-order valence-corrected chi connectivity index (χ1v) is 16.0. The predicted molar refractivity (Wildman–Crippen MR) is 171 cm³/mol. The van der Waals surface area contributed by atoms with Crippen LogP contribution < -0.4 is 14.5 Å². The van der Waals surface area contributed by atoms with Crippen molar-refractivity contribution in [3.63, 3.8) is 0 Å². The third kappa shape index (κ3) is 3.92. The molecule has 0 aromatic heterocycles. The van der Waals surface area contributed by atoms with Crippen molar-refractivity contribution in [3.8, 4) is 11.5 Å². The molecule has 0 bridgehead atoms. The van der Waals surface area contributed by atoms with E-state index in [2.05, 4.69) is 13.0 Å². The fraction of sp³-hybridized carbons (Fsp3) is 0.316. The number of nitrogens with zero attached hydrogens (tertiary/aromatic N) is 2. The normalized spacial score (nSPS) is 29.8. The number of aryl methyl sites for hydroxylation is 1. The molecule has 3 aromatic rings. The number of fused-ring (bicyclic) bond motifs is 5. The van der Waals surface area contributed by atoms with Crippen LogP contribution in [0.15, 0.2) is 96.3 Å². The van der Waals surface area contributed by atoms with Gasteiger partial charge in [0.1, 0.15) is 11.5 Å². The molecule has 3 aromatic carbocycles. The van der Waals surface area contributed by atoms with Crippen LogP contribution in [0.3, 0.4) is 0 Å². The van der Waals surface area contributed by atoms with Gasteiger partial charge in [0.25, 0.3) is 0 Å². The number of carbonyl (C=O) groups excluding carboxylic acids is 4. The number of phenols is 1. The van der Waals surface area contributed by atoms with Gasteiger partial charge in [0.15, 0.2) is 0 Å². The van der Waals surface area contributed by atoms with Crippen molar-refractivity contribution in [1.82, 2.24) is 0 Å². The molecule has 2 saturated heterocycles. The van der Waals surface area contributed by atoms with Crippen LogP contribution in [0.1, 0.15) is 37.8 Å². The van der Waals surface area contributed by atoms with Gasteiger partial charge in [0.05, 0.1) is 40.8 Å². The van der Waals surface area contributed by atoms with E-state index in [0.29, 0.717) is 36.4 Å². The molecule has 5 aliphatic rings. The van der Waals surface area contributed by atoms with Crippen LogP contribution in [0.2, 0.25) is 0 Å². The monoisotopic (exact) mass is 614 g/mol. The summed E-state index contributed by atoms with van der Waals surface area (Å²) < 4.78 is 6.07. The first-order chi connectivity index (χ1) is 22.2. The molecule has 3 fully saturated rings. The van der Waals surface area contributed by atoms with Gasteiger partial charge in [-0.2, -0.15) is 0 Å². The van der Waals surface area contributed by atoms with Gasteiger partial charge in [-0.1, -0.05) is 48.9 Å². The second-order valence-corrected chi connectivity index (χ2v) is 13.3. The Morgan fingerprint density at radius 3 is 2.35 bits per heavy atom. The fourth-order valence-corrected chi connectivity index (χ4v) is 8.80. The SMILES string of the molecule is CCc1ccc(N2C(=O)C3CC=C4C(CC5C(=O)N(c6ccccc6)C(=O)C5(C)C4C4=COc5ccc(O)cc5C4)C3C2=O)cc1. The quantitative estimate of drug-likeness (QED) is 0.297. The van der Waals surface area contributed by atoms with E-state index in [0.717, 1.165) is 28.7 Å². The largest absolute Gasteiger partial charge is 0.508 e. The maximum atomic E-state index is 14.6. The van der Waals surface area contributed by atoms with Crippen LogP contribution in [0.4, 0.5) is 11.4 Å². The summed E-state index contributed by atoms with van der Waals surface area (Å²) in [5.74, 6) is -3.15. The summed E-state index contributed by atoms with van der Waals surface area (Å²) in [4.78, 5) is 59.7. The van der Waals surface area contributed by atoms with Gasteiger partial charge in [-0.25, -0.2) is 4.90 Å². The van der Waals surface area contributed by atoms with E-state index in [4.69, 9.17) is 4.74 Å². The average Bonchev–Trinajstić information content (AvgIpc) is 3.44. The topological polar surface area (TPSA) is 104 Å². The van der Waals surface area contributed by atoms with Crippen molar-refractivity contribution >= 4 is 35.0 Å². The minimum Gasteiger partial charge on any atom is -0.508 e. The third-order valence-corrected chi connectivity index (χ3v) is 11.0. The molecular formula is C38H34N2O6. The molecule has 2 aliphatic carbocycles. The van der Waals surface area contributed by atoms with E-state index in [-0.39, 0.29) is 29.4 Å². The number of hydrogen-bond donors (Lipinski definition) is 1. The minimum absolute atomic E-state index is 0.110. The zero-order valence-corrected chi connectivity index (χ0v) is 25.7. The van der Waals surface area contributed by atoms with Gasteiger partial charge in [0.2, 0.25) is 23.6 Å². The molecule has 6 unspecified atom stereocenters. The number of para-hydroxylation sites is 1. The lowest BCUT2D eigenvalue weighted by Crippen LogP contribution is -2.51. The highest BCUT2D eigenvalue weighted by molar-refractivity contribution is 6.25. The number of allylic oxidation sites excluding steroid dienone is 3. The van der Waals surface area contributed by atoms with Crippen molar-refractivity contribution < 1.29 is 29.0 Å². The Bertz CT molecular complexity index is 1880. The van der Waals surface area contributed by atoms with Gasteiger partial charge in [0, 0.05) is 17.9 Å². The van der Waals surface area contributed by atoms with E-state index in [9.17, 15) is 24.3 Å². The molecule has 0 radical (unpaired) electrons. The molecule has 4 amide bonds. The number of hydrogen-bond acceptors (Lipinski definition) is 6. The lowest BCUT2D eigenvalue weighted by atomic mass is 9.51. The number of benzene rings is 3. The Kier molecular flexibility index (Phi) is 6.36. The van der Waals surface area contributed by atoms with Crippen molar-refractivity contribution in [2.24, 2.45) is 35.0 Å². The molecule has 8 nitrogen and oxygen atoms in total. The number of aromatic hydroxyl groups is 1. The van der Waals surface area contributed by atoms with E-state index in [1.54, 1.807) is 48.7 Å². The second kappa shape index (κ2) is 10.3. The van der Waals surface area contributed by atoms with Crippen LogP contribution in [-0.2, 0) is 32.0 Å². The number of rotatable bonds is 4. The summed E-state index contributed by atoms with van der Waals surface area (Å²) in [7, 11) is 0. The number of imide groups is 2. The summed E-state index contributed by atoms with van der Waals surface area (Å²) in [6.07, 6.45) is 5.65. The highest BCUT2D eigenvalue weighted by atomic mass is 16.5. The van der Waals surface area contributed by atoms with E-state index < -0.39 is 35.0 Å². The Morgan fingerprint density at radius 1 is 0.870 bits per heavy atom. The first-order valence-electron chi connectivity index (χ1n) is 16.0. The molecule has 1 N–H and O–H groups in total. The Labute approximate surface area is 267 Å². The highest BCUT2D eigenvalue weighted by Crippen LogP contribution is 2.63. The number of anilines is 2. The Hall–Kier alpha value is -4.98. The zero-order chi connectivity index (χ0) is 31.9. The van der Waals surface area contributed by atoms with Crippen LogP contribution in [0.5, 0.6) is 11.5 Å². The third-order valence-electron chi connectivity index (χ3n) is 11.0. The van der Waals surface area contributed by atoms with Gasteiger partial charge < -0.3 is 9.84 Å².